The Balaban J connectivity index is 2.42. The standard InChI is InChI=1S/C13H17BrO3/c1-8-9(7-13(15)4-5-13)6-10(16-2)12(17-3)11(8)14/h6,15H,4-5,7H2,1-3H3. The Bertz CT molecular complexity index is 439. The average Bonchev–Trinajstić information content (AvgIpc) is 3.02. The summed E-state index contributed by atoms with van der Waals surface area (Å²) in [5.74, 6) is 1.40. The largest absolute Gasteiger partial charge is 0.493 e. The molecule has 0 aliphatic heterocycles. The Morgan fingerprint density at radius 2 is 2.00 bits per heavy atom. The molecule has 0 heterocycles. The van der Waals surface area contributed by atoms with E-state index in [4.69, 9.17) is 9.47 Å². The van der Waals surface area contributed by atoms with Gasteiger partial charge in [0.1, 0.15) is 0 Å². The van der Waals surface area contributed by atoms with Crippen LogP contribution < -0.4 is 9.47 Å². The zero-order valence-corrected chi connectivity index (χ0v) is 11.9. The van der Waals surface area contributed by atoms with Crippen LogP contribution in [0.2, 0.25) is 0 Å². The summed E-state index contributed by atoms with van der Waals surface area (Å²) in [6, 6.07) is 1.95. The van der Waals surface area contributed by atoms with Crippen LogP contribution >= 0.6 is 15.9 Å². The molecular weight excluding hydrogens is 284 g/mol. The maximum atomic E-state index is 10.0. The van der Waals surface area contributed by atoms with Crippen LogP contribution in [-0.4, -0.2) is 24.9 Å². The van der Waals surface area contributed by atoms with E-state index in [0.717, 1.165) is 28.4 Å². The third-order valence-electron chi connectivity index (χ3n) is 3.31. The minimum atomic E-state index is -0.496. The molecule has 94 valence electrons. The summed E-state index contributed by atoms with van der Waals surface area (Å²) in [5.41, 5.74) is 1.71. The van der Waals surface area contributed by atoms with Gasteiger partial charge in [-0.05, 0) is 52.9 Å². The van der Waals surface area contributed by atoms with Crippen LogP contribution in [0.3, 0.4) is 0 Å². The van der Waals surface area contributed by atoms with Gasteiger partial charge in [-0.3, -0.25) is 0 Å². The van der Waals surface area contributed by atoms with Crippen molar-refractivity contribution in [3.8, 4) is 11.5 Å². The first kappa shape index (κ1) is 12.7. The number of benzene rings is 1. The second-order valence-corrected chi connectivity index (χ2v) is 5.40. The molecule has 3 nitrogen and oxygen atoms in total. The molecule has 0 radical (unpaired) electrons. The van der Waals surface area contributed by atoms with Crippen LogP contribution in [0.4, 0.5) is 0 Å². The van der Waals surface area contributed by atoms with E-state index in [1.54, 1.807) is 14.2 Å². The van der Waals surface area contributed by atoms with E-state index in [0.29, 0.717) is 17.9 Å². The highest BCUT2D eigenvalue weighted by atomic mass is 79.9. The minimum absolute atomic E-state index is 0.496. The molecule has 1 aromatic rings. The second kappa shape index (κ2) is 4.50. The molecule has 1 aromatic carbocycles. The SMILES string of the molecule is COc1cc(CC2(O)CC2)c(C)c(Br)c1OC. The Morgan fingerprint density at radius 3 is 2.47 bits per heavy atom. The number of methoxy groups -OCH3 is 2. The van der Waals surface area contributed by atoms with Gasteiger partial charge in [0.2, 0.25) is 0 Å². The van der Waals surface area contributed by atoms with E-state index in [1.165, 1.54) is 0 Å². The number of aliphatic hydroxyl groups is 1. The van der Waals surface area contributed by atoms with E-state index in [-0.39, 0.29) is 0 Å². The summed E-state index contributed by atoms with van der Waals surface area (Å²) in [7, 11) is 3.24. The lowest BCUT2D eigenvalue weighted by Crippen LogP contribution is -2.12. The van der Waals surface area contributed by atoms with E-state index in [1.807, 2.05) is 13.0 Å². The summed E-state index contributed by atoms with van der Waals surface area (Å²) >= 11 is 3.52. The van der Waals surface area contributed by atoms with Crippen molar-refractivity contribution < 1.29 is 14.6 Å². The van der Waals surface area contributed by atoms with Crippen LogP contribution in [0.15, 0.2) is 10.5 Å². The van der Waals surface area contributed by atoms with Gasteiger partial charge < -0.3 is 14.6 Å². The van der Waals surface area contributed by atoms with Gasteiger partial charge in [0.25, 0.3) is 0 Å². The molecule has 0 atom stereocenters. The molecule has 0 bridgehead atoms. The van der Waals surface area contributed by atoms with Crippen molar-refractivity contribution >= 4 is 15.9 Å². The molecule has 0 unspecified atom stereocenters. The van der Waals surface area contributed by atoms with Crippen molar-refractivity contribution in [1.29, 1.82) is 0 Å². The molecule has 1 aliphatic carbocycles. The zero-order valence-electron chi connectivity index (χ0n) is 10.3. The fraction of sp³-hybridized carbons (Fsp3) is 0.538. The molecule has 0 saturated heterocycles. The molecule has 1 fully saturated rings. The van der Waals surface area contributed by atoms with Gasteiger partial charge in [-0.25, -0.2) is 0 Å². The fourth-order valence-electron chi connectivity index (χ4n) is 1.95. The van der Waals surface area contributed by atoms with Crippen molar-refractivity contribution in [2.75, 3.05) is 14.2 Å². The highest BCUT2D eigenvalue weighted by molar-refractivity contribution is 9.10. The van der Waals surface area contributed by atoms with Crippen molar-refractivity contribution in [2.45, 2.75) is 31.8 Å². The summed E-state index contributed by atoms with van der Waals surface area (Å²) in [4.78, 5) is 0. The number of hydrogen-bond acceptors (Lipinski definition) is 3. The summed E-state index contributed by atoms with van der Waals surface area (Å²) in [5, 5.41) is 10.0. The van der Waals surface area contributed by atoms with Crippen LogP contribution in [0, 0.1) is 6.92 Å². The van der Waals surface area contributed by atoms with E-state index in [2.05, 4.69) is 15.9 Å². The highest BCUT2D eigenvalue weighted by Crippen LogP contribution is 2.44. The molecular formula is C13H17BrO3. The van der Waals surface area contributed by atoms with Crippen LogP contribution in [0.1, 0.15) is 24.0 Å². The molecule has 1 saturated carbocycles. The van der Waals surface area contributed by atoms with Gasteiger partial charge in [-0.2, -0.15) is 0 Å². The average molecular weight is 301 g/mol. The molecule has 1 aliphatic rings. The molecule has 1 N–H and O–H groups in total. The molecule has 4 heteroatoms. The van der Waals surface area contributed by atoms with E-state index >= 15 is 0 Å². The maximum Gasteiger partial charge on any atom is 0.175 e. The zero-order chi connectivity index (χ0) is 12.6. The normalized spacial score (nSPS) is 16.8. The Labute approximate surface area is 110 Å². The van der Waals surface area contributed by atoms with Crippen molar-refractivity contribution in [1.82, 2.24) is 0 Å². The third kappa shape index (κ3) is 2.43. The third-order valence-corrected chi connectivity index (χ3v) is 4.26. The molecule has 0 aromatic heterocycles. The predicted molar refractivity (Wildman–Crippen MR) is 69.9 cm³/mol. The van der Waals surface area contributed by atoms with Gasteiger partial charge in [0.05, 0.1) is 24.3 Å². The Hall–Kier alpha value is -0.740. The van der Waals surface area contributed by atoms with Crippen LogP contribution in [0.25, 0.3) is 0 Å². The van der Waals surface area contributed by atoms with Crippen molar-refractivity contribution in [3.05, 3.63) is 21.7 Å². The lowest BCUT2D eigenvalue weighted by Gasteiger charge is -2.17. The monoisotopic (exact) mass is 300 g/mol. The second-order valence-electron chi connectivity index (χ2n) is 4.61. The van der Waals surface area contributed by atoms with Gasteiger partial charge >= 0.3 is 0 Å². The molecule has 0 spiro atoms. The maximum absolute atomic E-state index is 10.0. The van der Waals surface area contributed by atoms with E-state index in [9.17, 15) is 5.11 Å². The van der Waals surface area contributed by atoms with Crippen molar-refractivity contribution in [2.24, 2.45) is 0 Å². The number of halogens is 1. The Morgan fingerprint density at radius 1 is 1.35 bits per heavy atom. The first-order valence-corrected chi connectivity index (χ1v) is 6.42. The number of rotatable bonds is 4. The summed E-state index contributed by atoms with van der Waals surface area (Å²) < 4.78 is 11.5. The van der Waals surface area contributed by atoms with Gasteiger partial charge in [-0.1, -0.05) is 0 Å². The summed E-state index contributed by atoms with van der Waals surface area (Å²) in [6.45, 7) is 2.02. The van der Waals surface area contributed by atoms with Crippen molar-refractivity contribution in [3.63, 3.8) is 0 Å². The van der Waals surface area contributed by atoms with Gasteiger partial charge in [0.15, 0.2) is 11.5 Å². The molecule has 17 heavy (non-hydrogen) atoms. The predicted octanol–water partition coefficient (Wildman–Crippen LogP) is 2.84. The molecule has 2 rings (SSSR count). The van der Waals surface area contributed by atoms with Gasteiger partial charge in [-0.15, -0.1) is 0 Å². The first-order chi connectivity index (χ1) is 8.00. The minimum Gasteiger partial charge on any atom is -0.493 e. The number of ether oxygens (including phenoxy) is 2. The van der Waals surface area contributed by atoms with Crippen LogP contribution in [0.5, 0.6) is 11.5 Å². The molecule has 0 amide bonds. The fourth-order valence-corrected chi connectivity index (χ4v) is 2.56. The lowest BCUT2D eigenvalue weighted by atomic mass is 10.0. The summed E-state index contributed by atoms with van der Waals surface area (Å²) in [6.07, 6.45) is 2.45. The topological polar surface area (TPSA) is 38.7 Å². The van der Waals surface area contributed by atoms with Gasteiger partial charge in [0, 0.05) is 6.42 Å². The first-order valence-electron chi connectivity index (χ1n) is 5.63. The smallest absolute Gasteiger partial charge is 0.175 e. The number of hydrogen-bond donors (Lipinski definition) is 1. The highest BCUT2D eigenvalue weighted by Gasteiger charge is 2.40. The lowest BCUT2D eigenvalue weighted by molar-refractivity contribution is 0.150. The Kier molecular flexibility index (Phi) is 3.36. The van der Waals surface area contributed by atoms with Crippen LogP contribution in [-0.2, 0) is 6.42 Å². The quantitative estimate of drug-likeness (QED) is 0.929. The van der Waals surface area contributed by atoms with E-state index < -0.39 is 5.60 Å².